The lowest BCUT2D eigenvalue weighted by molar-refractivity contribution is 0.156. The number of nitrogens with one attached hydrogen (secondary N) is 1. The van der Waals surface area contributed by atoms with Crippen molar-refractivity contribution < 1.29 is 5.11 Å². The fourth-order valence-corrected chi connectivity index (χ4v) is 8.62. The van der Waals surface area contributed by atoms with E-state index in [2.05, 4.69) is 112 Å². The average molecular weight is 670 g/mol. The molecule has 250 valence electrons. The third-order valence-electron chi connectivity index (χ3n) is 10.3. The summed E-state index contributed by atoms with van der Waals surface area (Å²) >= 11 is 12.2. The van der Waals surface area contributed by atoms with Crippen LogP contribution in [-0.4, -0.2) is 98.4 Å². The van der Waals surface area contributed by atoms with Crippen LogP contribution in [0.25, 0.3) is 0 Å². The Balaban J connectivity index is 1.23. The van der Waals surface area contributed by atoms with E-state index in [1.165, 1.54) is 29.5 Å². The smallest absolute Gasteiger partial charge is 0.172 e. The van der Waals surface area contributed by atoms with Crippen LogP contribution >= 0.6 is 24.4 Å². The Bertz CT molecular complexity index is 1450. The normalized spacial score (nSPS) is 22.4. The van der Waals surface area contributed by atoms with Gasteiger partial charge in [0.15, 0.2) is 10.2 Å². The van der Waals surface area contributed by atoms with Crippen molar-refractivity contribution in [2.24, 2.45) is 5.92 Å². The third kappa shape index (κ3) is 8.64. The number of phenolic OH excluding ortho intramolecular Hbond substituents is 1. The van der Waals surface area contributed by atoms with E-state index in [9.17, 15) is 5.11 Å². The molecule has 3 saturated heterocycles. The van der Waals surface area contributed by atoms with Crippen LogP contribution in [0.1, 0.15) is 49.8 Å². The standard InChI is InChI=1S/C39H51N5OS2/c1-29(2)22-34-25-40-38(46)43(34)27-33-14-9-20-41(33)26-35(24-32-15-17-37(45)18-16-32)44-28-36(23-31-12-7-4-8-13-31)42(39(44)47)21-19-30-10-5-3-6-11-30/h3-8,10-13,15-18,29,33-36,45H,9,14,19-28H2,1-2H3,(H,40,46)/t33-,34+,35+,36+/m1/s1. The van der Waals surface area contributed by atoms with Gasteiger partial charge in [-0.25, -0.2) is 0 Å². The minimum absolute atomic E-state index is 0.225. The Morgan fingerprint density at radius 1 is 0.830 bits per heavy atom. The van der Waals surface area contributed by atoms with E-state index in [0.29, 0.717) is 29.8 Å². The summed E-state index contributed by atoms with van der Waals surface area (Å²) in [6.45, 7) is 10.4. The van der Waals surface area contributed by atoms with Gasteiger partial charge < -0.3 is 25.1 Å². The maximum absolute atomic E-state index is 10.0. The van der Waals surface area contributed by atoms with E-state index >= 15 is 0 Å². The van der Waals surface area contributed by atoms with E-state index in [4.69, 9.17) is 24.4 Å². The van der Waals surface area contributed by atoms with Gasteiger partial charge in [0, 0.05) is 50.8 Å². The van der Waals surface area contributed by atoms with E-state index in [0.717, 1.165) is 75.2 Å². The van der Waals surface area contributed by atoms with Crippen molar-refractivity contribution in [1.82, 2.24) is 24.9 Å². The van der Waals surface area contributed by atoms with E-state index in [1.807, 2.05) is 12.1 Å². The molecule has 0 aliphatic carbocycles. The molecule has 0 radical (unpaired) electrons. The molecule has 6 rings (SSSR count). The number of hydrogen-bond donors (Lipinski definition) is 2. The van der Waals surface area contributed by atoms with Crippen molar-refractivity contribution in [1.29, 1.82) is 0 Å². The van der Waals surface area contributed by atoms with Crippen LogP contribution in [0.4, 0.5) is 0 Å². The second-order valence-electron chi connectivity index (χ2n) is 14.1. The molecule has 3 aliphatic heterocycles. The molecule has 2 N–H and O–H groups in total. The largest absolute Gasteiger partial charge is 0.508 e. The Kier molecular flexibility index (Phi) is 11.3. The van der Waals surface area contributed by atoms with Gasteiger partial charge in [-0.05, 0) is 104 Å². The highest BCUT2D eigenvalue weighted by molar-refractivity contribution is 7.80. The van der Waals surface area contributed by atoms with Crippen LogP contribution in [-0.2, 0) is 19.3 Å². The molecule has 0 bridgehead atoms. The highest BCUT2D eigenvalue weighted by atomic mass is 32.1. The van der Waals surface area contributed by atoms with Crippen LogP contribution in [0.5, 0.6) is 5.75 Å². The van der Waals surface area contributed by atoms with Crippen LogP contribution in [0, 0.1) is 5.92 Å². The van der Waals surface area contributed by atoms with Gasteiger partial charge in [-0.3, -0.25) is 4.90 Å². The first kappa shape index (κ1) is 33.7. The van der Waals surface area contributed by atoms with Crippen LogP contribution in [0.2, 0.25) is 0 Å². The van der Waals surface area contributed by atoms with Gasteiger partial charge in [-0.2, -0.15) is 0 Å². The first-order valence-corrected chi connectivity index (χ1v) is 18.4. The van der Waals surface area contributed by atoms with Gasteiger partial charge in [0.2, 0.25) is 0 Å². The lowest BCUT2D eigenvalue weighted by atomic mass is 10.0. The Hall–Kier alpha value is -3.20. The number of likely N-dealkylation sites (tertiary alicyclic amines) is 1. The lowest BCUT2D eigenvalue weighted by Gasteiger charge is -2.37. The average Bonchev–Trinajstić information content (AvgIpc) is 3.75. The summed E-state index contributed by atoms with van der Waals surface area (Å²) in [6.07, 6.45) is 6.40. The first-order chi connectivity index (χ1) is 22.8. The molecule has 0 saturated carbocycles. The molecular weight excluding hydrogens is 619 g/mol. The molecule has 3 aromatic carbocycles. The van der Waals surface area contributed by atoms with Gasteiger partial charge in [-0.15, -0.1) is 0 Å². The highest BCUT2D eigenvalue weighted by Gasteiger charge is 2.40. The summed E-state index contributed by atoms with van der Waals surface area (Å²) in [5.41, 5.74) is 3.93. The molecule has 3 aliphatic rings. The van der Waals surface area contributed by atoms with Gasteiger partial charge in [0.1, 0.15) is 5.75 Å². The number of hydrogen-bond acceptors (Lipinski definition) is 4. The predicted molar refractivity (Wildman–Crippen MR) is 201 cm³/mol. The Morgan fingerprint density at radius 3 is 2.23 bits per heavy atom. The molecule has 3 fully saturated rings. The van der Waals surface area contributed by atoms with E-state index in [1.54, 1.807) is 0 Å². The summed E-state index contributed by atoms with van der Waals surface area (Å²) in [7, 11) is 0. The minimum atomic E-state index is 0.225. The van der Waals surface area contributed by atoms with Gasteiger partial charge >= 0.3 is 0 Å². The minimum Gasteiger partial charge on any atom is -0.508 e. The van der Waals surface area contributed by atoms with Crippen molar-refractivity contribution in [3.05, 3.63) is 102 Å². The van der Waals surface area contributed by atoms with Crippen molar-refractivity contribution >= 4 is 34.7 Å². The molecule has 3 aromatic rings. The molecule has 6 nitrogen and oxygen atoms in total. The fraction of sp³-hybridized carbons (Fsp3) is 0.487. The zero-order chi connectivity index (χ0) is 32.8. The van der Waals surface area contributed by atoms with E-state index < -0.39 is 0 Å². The lowest BCUT2D eigenvalue weighted by Crippen LogP contribution is -2.51. The van der Waals surface area contributed by atoms with Gasteiger partial charge in [0.05, 0.1) is 6.04 Å². The zero-order valence-electron chi connectivity index (χ0n) is 28.0. The predicted octanol–water partition coefficient (Wildman–Crippen LogP) is 6.13. The quantitative estimate of drug-likeness (QED) is 0.199. The van der Waals surface area contributed by atoms with Gasteiger partial charge in [-0.1, -0.05) is 86.6 Å². The SMILES string of the molecule is CC(C)C[C@H]1CNC(=S)N1C[C@H]1CCCN1C[C@H](Cc1ccc(O)cc1)N1C[C@H](Cc2ccccc2)N(CCc2ccccc2)C1=S. The highest BCUT2D eigenvalue weighted by Crippen LogP contribution is 2.29. The number of nitrogens with zero attached hydrogens (tertiary/aromatic N) is 4. The second-order valence-corrected chi connectivity index (χ2v) is 14.9. The number of aromatic hydroxyl groups is 1. The molecule has 0 unspecified atom stereocenters. The molecule has 0 aromatic heterocycles. The number of rotatable bonds is 14. The topological polar surface area (TPSA) is 45.2 Å². The van der Waals surface area contributed by atoms with Crippen LogP contribution < -0.4 is 5.32 Å². The van der Waals surface area contributed by atoms with Crippen molar-refractivity contribution in [2.75, 3.05) is 39.3 Å². The van der Waals surface area contributed by atoms with Gasteiger partial charge in [0.25, 0.3) is 0 Å². The molecular formula is C39H51N5OS2. The molecule has 0 amide bonds. The van der Waals surface area contributed by atoms with E-state index in [-0.39, 0.29) is 6.04 Å². The summed E-state index contributed by atoms with van der Waals surface area (Å²) in [5, 5.41) is 15.4. The fourth-order valence-electron chi connectivity index (χ4n) is 7.85. The first-order valence-electron chi connectivity index (χ1n) is 17.6. The summed E-state index contributed by atoms with van der Waals surface area (Å²) in [5.74, 6) is 0.951. The third-order valence-corrected chi connectivity index (χ3v) is 11.1. The van der Waals surface area contributed by atoms with Crippen molar-refractivity contribution in [3.63, 3.8) is 0 Å². The van der Waals surface area contributed by atoms with Crippen LogP contribution in [0.15, 0.2) is 84.9 Å². The number of phenols is 1. The summed E-state index contributed by atoms with van der Waals surface area (Å²) in [4.78, 5) is 10.3. The summed E-state index contributed by atoms with van der Waals surface area (Å²) in [6, 6.07) is 30.9. The molecule has 0 spiro atoms. The second kappa shape index (κ2) is 15.8. The van der Waals surface area contributed by atoms with Crippen molar-refractivity contribution in [3.8, 4) is 5.75 Å². The number of benzene rings is 3. The Labute approximate surface area is 292 Å². The van der Waals surface area contributed by atoms with Crippen LogP contribution in [0.3, 0.4) is 0 Å². The summed E-state index contributed by atoms with van der Waals surface area (Å²) < 4.78 is 0. The maximum atomic E-state index is 10.0. The Morgan fingerprint density at radius 2 is 1.53 bits per heavy atom. The molecule has 4 atom stereocenters. The van der Waals surface area contributed by atoms with Crippen molar-refractivity contribution in [2.45, 2.75) is 76.5 Å². The monoisotopic (exact) mass is 669 g/mol. The molecule has 3 heterocycles. The molecule has 8 heteroatoms. The maximum Gasteiger partial charge on any atom is 0.172 e. The molecule has 47 heavy (non-hydrogen) atoms. The number of thiocarbonyl (C=S) groups is 2. The zero-order valence-corrected chi connectivity index (χ0v) is 29.6.